The van der Waals surface area contributed by atoms with Crippen LogP contribution in [-0.4, -0.2) is 17.6 Å². The standard InChI is InChI=1S/C10H10BrNO2/c1-7(10(13)14)6-12-9-4-2-3-8(11)5-9/h2-5,12H,1,6H2,(H,13,14). The lowest BCUT2D eigenvalue weighted by Crippen LogP contribution is -2.10. The highest BCUT2D eigenvalue weighted by Gasteiger charge is 2.02. The van der Waals surface area contributed by atoms with Gasteiger partial charge in [0.2, 0.25) is 0 Å². The van der Waals surface area contributed by atoms with E-state index < -0.39 is 5.97 Å². The van der Waals surface area contributed by atoms with Gasteiger partial charge >= 0.3 is 5.97 Å². The maximum atomic E-state index is 10.4. The second-order valence-corrected chi connectivity index (χ2v) is 3.69. The molecule has 0 radical (unpaired) electrons. The van der Waals surface area contributed by atoms with Crippen LogP contribution in [0, 0.1) is 0 Å². The predicted octanol–water partition coefficient (Wildman–Crippen LogP) is 2.50. The first-order valence-corrected chi connectivity index (χ1v) is 4.79. The SMILES string of the molecule is C=C(CNc1cccc(Br)c1)C(=O)O. The molecule has 1 rings (SSSR count). The van der Waals surface area contributed by atoms with Crippen LogP contribution >= 0.6 is 15.9 Å². The summed E-state index contributed by atoms with van der Waals surface area (Å²) in [6.07, 6.45) is 0. The number of hydrogen-bond acceptors (Lipinski definition) is 2. The summed E-state index contributed by atoms with van der Waals surface area (Å²) in [6.45, 7) is 3.66. The monoisotopic (exact) mass is 255 g/mol. The number of hydrogen-bond donors (Lipinski definition) is 2. The van der Waals surface area contributed by atoms with Crippen molar-refractivity contribution in [2.45, 2.75) is 0 Å². The van der Waals surface area contributed by atoms with Gasteiger partial charge in [0.25, 0.3) is 0 Å². The number of halogens is 1. The lowest BCUT2D eigenvalue weighted by Gasteiger charge is -2.05. The highest BCUT2D eigenvalue weighted by atomic mass is 79.9. The van der Waals surface area contributed by atoms with Crippen LogP contribution in [0.5, 0.6) is 0 Å². The van der Waals surface area contributed by atoms with Crippen molar-refractivity contribution < 1.29 is 9.90 Å². The van der Waals surface area contributed by atoms with E-state index in [1.54, 1.807) is 0 Å². The van der Waals surface area contributed by atoms with Crippen molar-refractivity contribution in [2.24, 2.45) is 0 Å². The molecule has 4 heteroatoms. The van der Waals surface area contributed by atoms with Gasteiger partial charge in [-0.15, -0.1) is 0 Å². The highest BCUT2D eigenvalue weighted by molar-refractivity contribution is 9.10. The molecule has 0 saturated carbocycles. The normalized spacial score (nSPS) is 9.50. The van der Waals surface area contributed by atoms with E-state index in [1.807, 2.05) is 24.3 Å². The lowest BCUT2D eigenvalue weighted by molar-refractivity contribution is -0.132. The summed E-state index contributed by atoms with van der Waals surface area (Å²) in [6, 6.07) is 7.50. The second kappa shape index (κ2) is 4.81. The third kappa shape index (κ3) is 3.22. The summed E-state index contributed by atoms with van der Waals surface area (Å²) < 4.78 is 0.948. The van der Waals surface area contributed by atoms with Crippen LogP contribution in [0.4, 0.5) is 5.69 Å². The number of carbonyl (C=O) groups is 1. The van der Waals surface area contributed by atoms with E-state index in [1.165, 1.54) is 0 Å². The third-order valence-electron chi connectivity index (χ3n) is 1.63. The van der Waals surface area contributed by atoms with Crippen molar-refractivity contribution in [3.05, 3.63) is 40.9 Å². The Morgan fingerprint density at radius 2 is 2.29 bits per heavy atom. The summed E-state index contributed by atoms with van der Waals surface area (Å²) in [5.74, 6) is -0.979. The molecule has 0 aliphatic heterocycles. The van der Waals surface area contributed by atoms with E-state index in [4.69, 9.17) is 5.11 Å². The fraction of sp³-hybridized carbons (Fsp3) is 0.100. The van der Waals surface area contributed by atoms with Gasteiger partial charge in [0, 0.05) is 22.3 Å². The van der Waals surface area contributed by atoms with E-state index in [0.29, 0.717) is 0 Å². The average Bonchev–Trinajstić information content (AvgIpc) is 2.14. The first-order chi connectivity index (χ1) is 6.59. The number of anilines is 1. The molecule has 1 aromatic rings. The molecule has 3 nitrogen and oxygen atoms in total. The predicted molar refractivity (Wildman–Crippen MR) is 59.4 cm³/mol. The van der Waals surface area contributed by atoms with E-state index in [-0.39, 0.29) is 12.1 Å². The van der Waals surface area contributed by atoms with E-state index in [0.717, 1.165) is 10.2 Å². The molecule has 2 N–H and O–H groups in total. The Kier molecular flexibility index (Phi) is 3.71. The smallest absolute Gasteiger partial charge is 0.332 e. The fourth-order valence-electron chi connectivity index (χ4n) is 0.883. The quantitative estimate of drug-likeness (QED) is 0.814. The Morgan fingerprint density at radius 1 is 1.57 bits per heavy atom. The molecule has 0 fully saturated rings. The molecule has 14 heavy (non-hydrogen) atoms. The molecule has 0 heterocycles. The van der Waals surface area contributed by atoms with Gasteiger partial charge in [0.1, 0.15) is 0 Å². The number of carboxylic acids is 1. The van der Waals surface area contributed by atoms with Crippen molar-refractivity contribution >= 4 is 27.6 Å². The summed E-state index contributed by atoms with van der Waals surface area (Å²) in [7, 11) is 0. The number of carboxylic acid groups (broad SMARTS) is 1. The molecule has 0 aromatic heterocycles. The van der Waals surface area contributed by atoms with Gasteiger partial charge in [0.05, 0.1) is 0 Å². The Balaban J connectivity index is 2.54. The molecule has 0 aliphatic carbocycles. The third-order valence-corrected chi connectivity index (χ3v) is 2.13. The second-order valence-electron chi connectivity index (χ2n) is 2.77. The maximum Gasteiger partial charge on any atom is 0.332 e. The van der Waals surface area contributed by atoms with Crippen molar-refractivity contribution in [2.75, 3.05) is 11.9 Å². The Morgan fingerprint density at radius 3 is 2.86 bits per heavy atom. The molecular weight excluding hydrogens is 246 g/mol. The van der Waals surface area contributed by atoms with Crippen LogP contribution in [-0.2, 0) is 4.79 Å². The minimum absolute atomic E-state index is 0.143. The number of benzene rings is 1. The minimum Gasteiger partial charge on any atom is -0.478 e. The molecule has 0 amide bonds. The first-order valence-electron chi connectivity index (χ1n) is 4.00. The van der Waals surface area contributed by atoms with E-state index >= 15 is 0 Å². The zero-order valence-electron chi connectivity index (χ0n) is 7.46. The van der Waals surface area contributed by atoms with Crippen LogP contribution < -0.4 is 5.32 Å². The van der Waals surface area contributed by atoms with Crippen LogP contribution in [0.3, 0.4) is 0 Å². The number of nitrogens with one attached hydrogen (secondary N) is 1. The summed E-state index contributed by atoms with van der Waals surface area (Å²) >= 11 is 3.32. The van der Waals surface area contributed by atoms with E-state index in [2.05, 4.69) is 27.8 Å². The number of aliphatic carboxylic acids is 1. The highest BCUT2D eigenvalue weighted by Crippen LogP contribution is 2.15. The van der Waals surface area contributed by atoms with Gasteiger partial charge in [0.15, 0.2) is 0 Å². The Hall–Kier alpha value is -1.29. The van der Waals surface area contributed by atoms with Crippen LogP contribution in [0.15, 0.2) is 40.9 Å². The summed E-state index contributed by atoms with van der Waals surface area (Å²) in [5.41, 5.74) is 1.01. The minimum atomic E-state index is -0.979. The van der Waals surface area contributed by atoms with Gasteiger partial charge in [-0.2, -0.15) is 0 Å². The molecule has 0 aliphatic rings. The van der Waals surface area contributed by atoms with Crippen LogP contribution in [0.25, 0.3) is 0 Å². The molecule has 1 aromatic carbocycles. The average molecular weight is 256 g/mol. The van der Waals surface area contributed by atoms with Gasteiger partial charge in [-0.1, -0.05) is 28.6 Å². The van der Waals surface area contributed by atoms with Crippen LogP contribution in [0.1, 0.15) is 0 Å². The van der Waals surface area contributed by atoms with Gasteiger partial charge in [-0.3, -0.25) is 0 Å². The fourth-order valence-corrected chi connectivity index (χ4v) is 1.28. The molecule has 0 saturated heterocycles. The molecule has 0 bridgehead atoms. The van der Waals surface area contributed by atoms with E-state index in [9.17, 15) is 4.79 Å². The molecule has 0 unspecified atom stereocenters. The van der Waals surface area contributed by atoms with Crippen molar-refractivity contribution in [1.82, 2.24) is 0 Å². The largest absolute Gasteiger partial charge is 0.478 e. The van der Waals surface area contributed by atoms with Crippen molar-refractivity contribution in [1.29, 1.82) is 0 Å². The molecule has 0 spiro atoms. The summed E-state index contributed by atoms with van der Waals surface area (Å²) in [4.78, 5) is 10.4. The van der Waals surface area contributed by atoms with Crippen molar-refractivity contribution in [3.8, 4) is 0 Å². The van der Waals surface area contributed by atoms with Gasteiger partial charge < -0.3 is 10.4 Å². The Bertz CT molecular complexity index is 363. The zero-order valence-corrected chi connectivity index (χ0v) is 9.04. The van der Waals surface area contributed by atoms with Crippen LogP contribution in [0.2, 0.25) is 0 Å². The molecule has 74 valence electrons. The topological polar surface area (TPSA) is 49.3 Å². The molecular formula is C10H10BrNO2. The Labute approximate surface area is 90.6 Å². The maximum absolute atomic E-state index is 10.4. The summed E-state index contributed by atoms with van der Waals surface area (Å²) in [5, 5.41) is 11.5. The number of rotatable bonds is 4. The van der Waals surface area contributed by atoms with Crippen molar-refractivity contribution in [3.63, 3.8) is 0 Å². The zero-order chi connectivity index (χ0) is 10.6. The lowest BCUT2D eigenvalue weighted by atomic mass is 10.3. The first kappa shape index (κ1) is 10.8. The molecule has 0 atom stereocenters. The van der Waals surface area contributed by atoms with Gasteiger partial charge in [-0.25, -0.2) is 4.79 Å². The van der Waals surface area contributed by atoms with Gasteiger partial charge in [-0.05, 0) is 18.2 Å².